The molecule has 0 aromatic heterocycles. The Morgan fingerprint density at radius 1 is 1.38 bits per heavy atom. The second-order valence-electron chi connectivity index (χ2n) is 3.73. The van der Waals surface area contributed by atoms with Gasteiger partial charge in [0.25, 0.3) is 0 Å². The first-order valence-corrected chi connectivity index (χ1v) is 4.30. The summed E-state index contributed by atoms with van der Waals surface area (Å²) in [5, 5.41) is 3.77. The molecule has 0 amide bonds. The smallest absolute Gasteiger partial charge is 0.0874 e. The van der Waals surface area contributed by atoms with E-state index in [0.717, 1.165) is 17.7 Å². The fourth-order valence-corrected chi connectivity index (χ4v) is 1.91. The van der Waals surface area contributed by atoms with Crippen molar-refractivity contribution in [1.29, 1.82) is 0 Å². The molecule has 1 aromatic carbocycles. The molecule has 0 heterocycles. The van der Waals surface area contributed by atoms with Crippen LogP contribution in [0.15, 0.2) is 29.4 Å². The van der Waals surface area contributed by atoms with E-state index in [9.17, 15) is 0 Å². The maximum absolute atomic E-state index is 6.07. The minimum atomic E-state index is -0.404. The van der Waals surface area contributed by atoms with E-state index in [0.29, 0.717) is 0 Å². The predicted octanol–water partition coefficient (Wildman–Crippen LogP) is 0.623. The van der Waals surface area contributed by atoms with E-state index in [1.54, 1.807) is 0 Å². The molecule has 2 rings (SSSR count). The molecule has 0 saturated carbocycles. The van der Waals surface area contributed by atoms with Gasteiger partial charge in [0.1, 0.15) is 0 Å². The highest BCUT2D eigenvalue weighted by molar-refractivity contribution is 6.10. The second-order valence-corrected chi connectivity index (χ2v) is 3.73. The minimum Gasteiger partial charge on any atom is -0.323 e. The second kappa shape index (κ2) is 2.57. The van der Waals surface area contributed by atoms with Crippen molar-refractivity contribution < 1.29 is 0 Å². The Kier molecular flexibility index (Phi) is 1.63. The number of rotatable bonds is 0. The van der Waals surface area contributed by atoms with Crippen LogP contribution < -0.4 is 11.6 Å². The van der Waals surface area contributed by atoms with Gasteiger partial charge in [-0.1, -0.05) is 24.3 Å². The molecule has 0 aliphatic heterocycles. The third kappa shape index (κ3) is 1.12. The summed E-state index contributed by atoms with van der Waals surface area (Å²) in [5.74, 6) is 5.33. The number of hydrogen-bond acceptors (Lipinski definition) is 3. The third-order valence-corrected chi connectivity index (χ3v) is 2.50. The average Bonchev–Trinajstić information content (AvgIpc) is 2.33. The molecule has 0 radical (unpaired) electrons. The number of hydrogen-bond donors (Lipinski definition) is 2. The molecule has 68 valence electrons. The molecule has 1 atom stereocenters. The van der Waals surface area contributed by atoms with Crippen molar-refractivity contribution in [1.82, 2.24) is 0 Å². The molecule has 0 bridgehead atoms. The van der Waals surface area contributed by atoms with Gasteiger partial charge in [0, 0.05) is 5.56 Å². The molecule has 1 aromatic rings. The predicted molar refractivity (Wildman–Crippen MR) is 53.5 cm³/mol. The van der Waals surface area contributed by atoms with Crippen molar-refractivity contribution in [3.63, 3.8) is 0 Å². The van der Waals surface area contributed by atoms with Crippen molar-refractivity contribution in [2.45, 2.75) is 18.9 Å². The molecule has 1 unspecified atom stereocenters. The van der Waals surface area contributed by atoms with Crippen molar-refractivity contribution in [2.75, 3.05) is 0 Å². The zero-order chi connectivity index (χ0) is 9.47. The van der Waals surface area contributed by atoms with Gasteiger partial charge in [-0.25, -0.2) is 0 Å². The molecule has 13 heavy (non-hydrogen) atoms. The largest absolute Gasteiger partial charge is 0.323 e. The summed E-state index contributed by atoms with van der Waals surface area (Å²) < 4.78 is 0. The van der Waals surface area contributed by atoms with Gasteiger partial charge in [-0.3, -0.25) is 0 Å². The van der Waals surface area contributed by atoms with Gasteiger partial charge in [-0.05, 0) is 18.9 Å². The van der Waals surface area contributed by atoms with Gasteiger partial charge in [-0.15, -0.1) is 0 Å². The minimum absolute atomic E-state index is 0.404. The number of benzene rings is 1. The van der Waals surface area contributed by atoms with E-state index in [1.807, 2.05) is 25.1 Å². The maximum atomic E-state index is 6.07. The van der Waals surface area contributed by atoms with Crippen molar-refractivity contribution >= 4 is 5.71 Å². The summed E-state index contributed by atoms with van der Waals surface area (Å²) in [6.07, 6.45) is 0.819. The first-order valence-electron chi connectivity index (χ1n) is 4.30. The summed E-state index contributed by atoms with van der Waals surface area (Å²) in [6, 6.07) is 8.07. The van der Waals surface area contributed by atoms with E-state index in [2.05, 4.69) is 11.2 Å². The van der Waals surface area contributed by atoms with Crippen LogP contribution in [0.3, 0.4) is 0 Å². The monoisotopic (exact) mass is 175 g/mol. The van der Waals surface area contributed by atoms with Crippen LogP contribution in [0.5, 0.6) is 0 Å². The molecule has 3 nitrogen and oxygen atoms in total. The van der Waals surface area contributed by atoms with Gasteiger partial charge in [0.15, 0.2) is 0 Å². The first-order chi connectivity index (χ1) is 6.15. The van der Waals surface area contributed by atoms with Crippen molar-refractivity contribution in [3.8, 4) is 0 Å². The zero-order valence-corrected chi connectivity index (χ0v) is 7.62. The lowest BCUT2D eigenvalue weighted by Crippen LogP contribution is -2.43. The number of nitrogens with zero attached hydrogens (tertiary/aromatic N) is 1. The lowest BCUT2D eigenvalue weighted by molar-refractivity contribution is 0.641. The van der Waals surface area contributed by atoms with Crippen LogP contribution >= 0.6 is 0 Å². The van der Waals surface area contributed by atoms with Crippen LogP contribution in [0.25, 0.3) is 0 Å². The molecule has 0 fully saturated rings. The molecule has 4 N–H and O–H groups in total. The lowest BCUT2D eigenvalue weighted by Gasteiger charge is -2.17. The van der Waals surface area contributed by atoms with Gasteiger partial charge in [-0.2, -0.15) is 5.10 Å². The highest BCUT2D eigenvalue weighted by Gasteiger charge is 2.35. The van der Waals surface area contributed by atoms with Gasteiger partial charge in [0.2, 0.25) is 0 Å². The van der Waals surface area contributed by atoms with E-state index in [-0.39, 0.29) is 0 Å². The average molecular weight is 175 g/mol. The molecule has 3 heteroatoms. The van der Waals surface area contributed by atoms with Crippen LogP contribution in [0.1, 0.15) is 18.1 Å². The topological polar surface area (TPSA) is 64.4 Å². The molecule has 0 spiro atoms. The number of hydrazone groups is 1. The van der Waals surface area contributed by atoms with E-state index in [4.69, 9.17) is 11.6 Å². The van der Waals surface area contributed by atoms with E-state index in [1.165, 1.54) is 5.56 Å². The Morgan fingerprint density at radius 3 is 2.77 bits per heavy atom. The molecule has 1 aliphatic rings. The Labute approximate surface area is 77.4 Å². The van der Waals surface area contributed by atoms with Crippen molar-refractivity contribution in [2.24, 2.45) is 16.7 Å². The number of nitrogens with two attached hydrogens (primary N) is 2. The maximum Gasteiger partial charge on any atom is 0.0874 e. The first kappa shape index (κ1) is 8.26. The molecule has 1 aliphatic carbocycles. The molecular formula is C10H13N3. The van der Waals surface area contributed by atoms with Gasteiger partial charge in [0.05, 0.1) is 11.3 Å². The SMILES string of the molecule is CC1(N)Cc2ccccc2/C1=N/N. The van der Waals surface area contributed by atoms with Crippen LogP contribution in [-0.2, 0) is 6.42 Å². The standard InChI is InChI=1S/C10H13N3/c1-10(11)6-7-4-2-3-5-8(7)9(10)13-12/h2-5H,6,11-12H2,1H3/b13-9-. The molecular weight excluding hydrogens is 162 g/mol. The lowest BCUT2D eigenvalue weighted by atomic mass is 9.98. The zero-order valence-electron chi connectivity index (χ0n) is 7.62. The van der Waals surface area contributed by atoms with Crippen LogP contribution in [-0.4, -0.2) is 11.3 Å². The summed E-state index contributed by atoms with van der Waals surface area (Å²) in [7, 11) is 0. The quantitative estimate of drug-likeness (QED) is 0.448. The van der Waals surface area contributed by atoms with E-state index >= 15 is 0 Å². The summed E-state index contributed by atoms with van der Waals surface area (Å²) >= 11 is 0. The highest BCUT2D eigenvalue weighted by Crippen LogP contribution is 2.27. The van der Waals surface area contributed by atoms with Gasteiger partial charge >= 0.3 is 0 Å². The van der Waals surface area contributed by atoms with Crippen LogP contribution in [0.4, 0.5) is 0 Å². The summed E-state index contributed by atoms with van der Waals surface area (Å²) in [5.41, 5.74) is 8.80. The number of fused-ring (bicyclic) bond motifs is 1. The van der Waals surface area contributed by atoms with Gasteiger partial charge < -0.3 is 11.6 Å². The fraction of sp³-hybridized carbons (Fsp3) is 0.300. The highest BCUT2D eigenvalue weighted by atomic mass is 15.1. The molecule has 0 saturated heterocycles. The Balaban J connectivity index is 2.60. The summed E-state index contributed by atoms with van der Waals surface area (Å²) in [4.78, 5) is 0. The van der Waals surface area contributed by atoms with Crippen molar-refractivity contribution in [3.05, 3.63) is 35.4 Å². The Hall–Kier alpha value is -1.35. The third-order valence-electron chi connectivity index (χ3n) is 2.50. The van der Waals surface area contributed by atoms with Crippen LogP contribution in [0, 0.1) is 0 Å². The normalized spacial score (nSPS) is 29.2. The van der Waals surface area contributed by atoms with E-state index < -0.39 is 5.54 Å². The Morgan fingerprint density at radius 2 is 2.08 bits per heavy atom. The summed E-state index contributed by atoms with van der Waals surface area (Å²) in [6.45, 7) is 1.96. The van der Waals surface area contributed by atoms with Crippen LogP contribution in [0.2, 0.25) is 0 Å². The Bertz CT molecular complexity index is 366. The fourth-order valence-electron chi connectivity index (χ4n) is 1.91.